The van der Waals surface area contributed by atoms with Crippen LogP contribution < -0.4 is 10.1 Å². The number of carbonyl (C=O) groups excluding carboxylic acids is 1. The molecular weight excluding hydrogens is 402 g/mol. The van der Waals surface area contributed by atoms with Crippen molar-refractivity contribution in [1.29, 1.82) is 0 Å². The third-order valence-corrected chi connectivity index (χ3v) is 4.80. The fourth-order valence-corrected chi connectivity index (χ4v) is 3.61. The van der Waals surface area contributed by atoms with Gasteiger partial charge in [-0.1, -0.05) is 26.0 Å². The number of ether oxygens (including phenoxy) is 1. The lowest BCUT2D eigenvalue weighted by Gasteiger charge is -2.18. The summed E-state index contributed by atoms with van der Waals surface area (Å²) < 4.78 is 56.0. The quantitative estimate of drug-likeness (QED) is 0.614. The third-order valence-electron chi connectivity index (χ3n) is 4.80. The van der Waals surface area contributed by atoms with Crippen molar-refractivity contribution in [3.8, 4) is 11.4 Å². The Morgan fingerprint density at radius 2 is 1.70 bits per heavy atom. The molecule has 0 radical (unpaired) electrons. The van der Waals surface area contributed by atoms with Gasteiger partial charge in [-0.05, 0) is 47.9 Å². The van der Waals surface area contributed by atoms with Gasteiger partial charge in [-0.3, -0.25) is 4.79 Å². The highest BCUT2D eigenvalue weighted by atomic mass is 19.4. The summed E-state index contributed by atoms with van der Waals surface area (Å²) in [6, 6.07) is 10.6. The number of hydrogen-bond acceptors (Lipinski definition) is 3. The molecule has 0 bridgehead atoms. The Hall–Kier alpha value is -3.36. The molecule has 1 aromatic heterocycles. The summed E-state index contributed by atoms with van der Waals surface area (Å²) in [5, 5.41) is 7.29. The Labute approximate surface area is 169 Å². The number of rotatable bonds is 4. The lowest BCUT2D eigenvalue weighted by atomic mass is 9.95. The monoisotopic (exact) mass is 419 g/mol. The van der Waals surface area contributed by atoms with Gasteiger partial charge in [0.05, 0.1) is 17.4 Å². The van der Waals surface area contributed by atoms with Crippen LogP contribution in [0.4, 0.5) is 17.6 Å². The summed E-state index contributed by atoms with van der Waals surface area (Å²) in [6.45, 7) is 3.86. The minimum Gasteiger partial charge on any atom is -0.406 e. The molecule has 1 aliphatic heterocycles. The van der Waals surface area contributed by atoms with Gasteiger partial charge < -0.3 is 10.1 Å². The SMILES string of the molecule is CC(C)c1c2c(nn1-c1ccc(OC(F)(F)F)cc1)C(=O)NC2c1ccc(F)cc1. The summed E-state index contributed by atoms with van der Waals surface area (Å²) >= 11 is 0. The van der Waals surface area contributed by atoms with Crippen molar-refractivity contribution >= 4 is 5.91 Å². The Bertz CT molecular complexity index is 1090. The topological polar surface area (TPSA) is 56.2 Å². The van der Waals surface area contributed by atoms with Crippen molar-refractivity contribution < 1.29 is 27.1 Å². The van der Waals surface area contributed by atoms with Crippen LogP contribution in [-0.4, -0.2) is 22.1 Å². The van der Waals surface area contributed by atoms with Crippen LogP contribution in [0.3, 0.4) is 0 Å². The van der Waals surface area contributed by atoms with Crippen LogP contribution in [-0.2, 0) is 0 Å². The molecule has 4 rings (SSSR count). The molecule has 0 fully saturated rings. The maximum absolute atomic E-state index is 13.3. The second-order valence-corrected chi connectivity index (χ2v) is 7.21. The highest BCUT2D eigenvalue weighted by Crippen LogP contribution is 2.38. The normalized spacial score (nSPS) is 16.0. The number of amides is 1. The largest absolute Gasteiger partial charge is 0.573 e. The molecule has 156 valence electrons. The predicted molar refractivity (Wildman–Crippen MR) is 100 cm³/mol. The Morgan fingerprint density at radius 3 is 2.27 bits per heavy atom. The highest BCUT2D eigenvalue weighted by Gasteiger charge is 2.38. The van der Waals surface area contributed by atoms with E-state index in [1.165, 1.54) is 36.4 Å². The van der Waals surface area contributed by atoms with Gasteiger partial charge >= 0.3 is 6.36 Å². The molecule has 1 unspecified atom stereocenters. The average Bonchev–Trinajstić information content (AvgIpc) is 3.20. The molecule has 2 heterocycles. The summed E-state index contributed by atoms with van der Waals surface area (Å²) in [6.07, 6.45) is -4.78. The van der Waals surface area contributed by atoms with Crippen LogP contribution in [0.25, 0.3) is 5.69 Å². The standard InChI is InChI=1S/C21H17F4N3O2/c1-11(2)19-16-17(12-3-5-13(22)6-4-12)26-20(29)18(16)27-28(19)14-7-9-15(10-8-14)30-21(23,24)25/h3-11,17H,1-2H3,(H,26,29). The van der Waals surface area contributed by atoms with E-state index in [0.717, 1.165) is 5.69 Å². The minimum atomic E-state index is -4.78. The average molecular weight is 419 g/mol. The molecule has 0 spiro atoms. The molecule has 5 nitrogen and oxygen atoms in total. The molecular formula is C21H17F4N3O2. The second kappa shape index (κ2) is 7.16. The lowest BCUT2D eigenvalue weighted by Crippen LogP contribution is -2.23. The van der Waals surface area contributed by atoms with Gasteiger partial charge in [0.25, 0.3) is 5.91 Å². The van der Waals surface area contributed by atoms with Crippen molar-refractivity contribution in [2.24, 2.45) is 0 Å². The zero-order valence-electron chi connectivity index (χ0n) is 16.0. The van der Waals surface area contributed by atoms with Crippen molar-refractivity contribution in [3.05, 3.63) is 76.9 Å². The zero-order valence-corrected chi connectivity index (χ0v) is 16.0. The zero-order chi connectivity index (χ0) is 21.6. The number of hydrogen-bond donors (Lipinski definition) is 1. The van der Waals surface area contributed by atoms with Crippen LogP contribution in [0.2, 0.25) is 0 Å². The Balaban J connectivity index is 1.78. The van der Waals surface area contributed by atoms with Gasteiger partial charge in [0, 0.05) is 5.56 Å². The Morgan fingerprint density at radius 1 is 1.07 bits per heavy atom. The van der Waals surface area contributed by atoms with E-state index in [9.17, 15) is 22.4 Å². The summed E-state index contributed by atoms with van der Waals surface area (Å²) in [5.74, 6) is -1.15. The van der Waals surface area contributed by atoms with Crippen molar-refractivity contribution in [1.82, 2.24) is 15.1 Å². The van der Waals surface area contributed by atoms with E-state index in [1.807, 2.05) is 13.8 Å². The molecule has 2 aromatic carbocycles. The predicted octanol–water partition coefficient (Wildman–Crippen LogP) is 4.87. The first kappa shape index (κ1) is 19.9. The van der Waals surface area contributed by atoms with E-state index >= 15 is 0 Å². The van der Waals surface area contributed by atoms with E-state index in [-0.39, 0.29) is 29.1 Å². The lowest BCUT2D eigenvalue weighted by molar-refractivity contribution is -0.274. The van der Waals surface area contributed by atoms with Crippen LogP contribution in [0, 0.1) is 5.82 Å². The number of alkyl halides is 3. The maximum Gasteiger partial charge on any atom is 0.573 e. The van der Waals surface area contributed by atoms with E-state index in [4.69, 9.17) is 0 Å². The number of fused-ring (bicyclic) bond motifs is 1. The smallest absolute Gasteiger partial charge is 0.406 e. The number of nitrogens with one attached hydrogen (secondary N) is 1. The first-order valence-electron chi connectivity index (χ1n) is 9.19. The Kier molecular flexibility index (Phi) is 4.76. The van der Waals surface area contributed by atoms with Gasteiger partial charge in [0.15, 0.2) is 5.69 Å². The molecule has 1 aliphatic rings. The molecule has 1 atom stereocenters. The first-order valence-corrected chi connectivity index (χ1v) is 9.19. The van der Waals surface area contributed by atoms with Crippen molar-refractivity contribution in [2.75, 3.05) is 0 Å². The number of nitrogens with zero attached hydrogens (tertiary/aromatic N) is 2. The molecule has 0 saturated heterocycles. The molecule has 3 aromatic rings. The van der Waals surface area contributed by atoms with E-state index < -0.39 is 12.4 Å². The highest BCUT2D eigenvalue weighted by molar-refractivity contribution is 5.98. The molecule has 9 heteroatoms. The van der Waals surface area contributed by atoms with Crippen LogP contribution >= 0.6 is 0 Å². The van der Waals surface area contributed by atoms with Gasteiger partial charge in [-0.15, -0.1) is 13.2 Å². The fraction of sp³-hybridized carbons (Fsp3) is 0.238. The van der Waals surface area contributed by atoms with Gasteiger partial charge in [-0.25, -0.2) is 9.07 Å². The van der Waals surface area contributed by atoms with E-state index in [0.29, 0.717) is 16.8 Å². The van der Waals surface area contributed by atoms with Crippen LogP contribution in [0.15, 0.2) is 48.5 Å². The number of halogens is 4. The minimum absolute atomic E-state index is 0.0528. The molecule has 30 heavy (non-hydrogen) atoms. The second-order valence-electron chi connectivity index (χ2n) is 7.21. The molecule has 0 saturated carbocycles. The summed E-state index contributed by atoms with van der Waals surface area (Å²) in [7, 11) is 0. The number of aromatic nitrogens is 2. The molecule has 0 aliphatic carbocycles. The van der Waals surface area contributed by atoms with Crippen LogP contribution in [0.5, 0.6) is 5.75 Å². The summed E-state index contributed by atoms with van der Waals surface area (Å²) in [5.41, 5.74) is 2.86. The van der Waals surface area contributed by atoms with Crippen molar-refractivity contribution in [3.63, 3.8) is 0 Å². The number of carbonyl (C=O) groups is 1. The van der Waals surface area contributed by atoms with E-state index in [2.05, 4.69) is 15.2 Å². The van der Waals surface area contributed by atoms with Gasteiger partial charge in [-0.2, -0.15) is 5.10 Å². The van der Waals surface area contributed by atoms with Gasteiger partial charge in [0.2, 0.25) is 0 Å². The van der Waals surface area contributed by atoms with Gasteiger partial charge in [0.1, 0.15) is 11.6 Å². The third kappa shape index (κ3) is 3.62. The first-order chi connectivity index (χ1) is 14.1. The maximum atomic E-state index is 13.3. The van der Waals surface area contributed by atoms with E-state index in [1.54, 1.807) is 16.8 Å². The van der Waals surface area contributed by atoms with Crippen LogP contribution in [0.1, 0.15) is 53.1 Å². The van der Waals surface area contributed by atoms with Crippen molar-refractivity contribution in [2.45, 2.75) is 32.2 Å². The number of benzene rings is 2. The molecule has 1 amide bonds. The fourth-order valence-electron chi connectivity index (χ4n) is 3.61. The molecule has 1 N–H and O–H groups in total. The summed E-state index contributed by atoms with van der Waals surface area (Å²) in [4.78, 5) is 12.5.